The Morgan fingerprint density at radius 2 is 1.81 bits per heavy atom. The first-order valence-corrected chi connectivity index (χ1v) is 6.50. The summed E-state index contributed by atoms with van der Waals surface area (Å²) in [5.74, 6) is -3.07. The lowest BCUT2D eigenvalue weighted by Gasteiger charge is -2.22. The summed E-state index contributed by atoms with van der Waals surface area (Å²) in [5.41, 5.74) is 0.0214. The maximum atomic E-state index is 13.2. The second-order valence-corrected chi connectivity index (χ2v) is 4.99. The van der Waals surface area contributed by atoms with Crippen LogP contribution in [0.4, 0.5) is 4.39 Å². The van der Waals surface area contributed by atoms with Gasteiger partial charge in [-0.15, -0.1) is 0 Å². The summed E-state index contributed by atoms with van der Waals surface area (Å²) in [5, 5.41) is 2.15. The normalized spacial score (nSPS) is 22.1. The molecular formula is C14H11FN2O4. The number of nitrogens with one attached hydrogen (secondary N) is 1. The zero-order chi connectivity index (χ0) is 15.1. The molecule has 4 amide bonds. The molecule has 108 valence electrons. The number of nitrogens with zero attached hydrogens (tertiary/aromatic N) is 1. The number of halogens is 1. The van der Waals surface area contributed by atoms with E-state index < -0.39 is 35.5 Å². The molecule has 1 atom stereocenters. The van der Waals surface area contributed by atoms with Gasteiger partial charge < -0.3 is 0 Å². The van der Waals surface area contributed by atoms with Gasteiger partial charge >= 0.3 is 0 Å². The zero-order valence-corrected chi connectivity index (χ0v) is 10.9. The molecule has 0 bridgehead atoms. The standard InChI is InChI=1S/C14H11FN2O4/c15-7-4-5-8-9(6-7)14(21)17(13(8)20)10-2-1-3-11(18)16-12(10)19/h4-6,10H,1-3H2,(H,16,18,19). The molecular weight excluding hydrogens is 279 g/mol. The maximum Gasteiger partial charge on any atom is 0.262 e. The van der Waals surface area contributed by atoms with Crippen LogP contribution in [0.5, 0.6) is 0 Å². The van der Waals surface area contributed by atoms with E-state index in [1.807, 2.05) is 0 Å². The molecule has 1 unspecified atom stereocenters. The quantitative estimate of drug-likeness (QED) is 0.768. The Hall–Kier alpha value is -2.57. The van der Waals surface area contributed by atoms with Crippen molar-refractivity contribution in [2.75, 3.05) is 0 Å². The molecule has 1 saturated heterocycles. The van der Waals surface area contributed by atoms with E-state index in [-0.39, 0.29) is 24.0 Å². The van der Waals surface area contributed by atoms with Gasteiger partial charge in [-0.2, -0.15) is 0 Å². The van der Waals surface area contributed by atoms with E-state index in [2.05, 4.69) is 5.32 Å². The van der Waals surface area contributed by atoms with Crippen molar-refractivity contribution in [1.29, 1.82) is 0 Å². The molecule has 2 aliphatic rings. The smallest absolute Gasteiger partial charge is 0.262 e. The predicted molar refractivity (Wildman–Crippen MR) is 67.7 cm³/mol. The minimum absolute atomic E-state index is 0.0524. The van der Waals surface area contributed by atoms with E-state index in [1.165, 1.54) is 6.07 Å². The third-order valence-electron chi connectivity index (χ3n) is 3.64. The van der Waals surface area contributed by atoms with Crippen LogP contribution in [0.3, 0.4) is 0 Å². The second kappa shape index (κ2) is 4.76. The fourth-order valence-electron chi connectivity index (χ4n) is 2.63. The molecule has 1 N–H and O–H groups in total. The molecule has 3 rings (SSSR count). The largest absolute Gasteiger partial charge is 0.295 e. The molecule has 21 heavy (non-hydrogen) atoms. The summed E-state index contributed by atoms with van der Waals surface area (Å²) in [6.07, 6.45) is 0.773. The third-order valence-corrected chi connectivity index (χ3v) is 3.64. The van der Waals surface area contributed by atoms with Crippen molar-refractivity contribution < 1.29 is 23.6 Å². The summed E-state index contributed by atoms with van der Waals surface area (Å²) in [4.78, 5) is 48.6. The average molecular weight is 290 g/mol. The lowest BCUT2D eigenvalue weighted by atomic mass is 10.1. The van der Waals surface area contributed by atoms with Crippen LogP contribution < -0.4 is 5.32 Å². The van der Waals surface area contributed by atoms with Gasteiger partial charge in [0.1, 0.15) is 11.9 Å². The summed E-state index contributed by atoms with van der Waals surface area (Å²) in [6.45, 7) is 0. The Morgan fingerprint density at radius 3 is 2.57 bits per heavy atom. The summed E-state index contributed by atoms with van der Waals surface area (Å²) in [6, 6.07) is 2.26. The summed E-state index contributed by atoms with van der Waals surface area (Å²) < 4.78 is 13.2. The summed E-state index contributed by atoms with van der Waals surface area (Å²) in [7, 11) is 0. The predicted octanol–water partition coefficient (Wildman–Crippen LogP) is 0.617. The number of hydrogen-bond acceptors (Lipinski definition) is 4. The van der Waals surface area contributed by atoms with Crippen molar-refractivity contribution in [2.45, 2.75) is 25.3 Å². The minimum atomic E-state index is -1.04. The van der Waals surface area contributed by atoms with Gasteiger partial charge in [0, 0.05) is 6.42 Å². The summed E-state index contributed by atoms with van der Waals surface area (Å²) >= 11 is 0. The van der Waals surface area contributed by atoms with Crippen LogP contribution in [0.1, 0.15) is 40.0 Å². The number of amides is 4. The topological polar surface area (TPSA) is 83.6 Å². The highest BCUT2D eigenvalue weighted by Crippen LogP contribution is 2.27. The van der Waals surface area contributed by atoms with Crippen molar-refractivity contribution in [3.05, 3.63) is 35.1 Å². The minimum Gasteiger partial charge on any atom is -0.295 e. The maximum absolute atomic E-state index is 13.2. The van der Waals surface area contributed by atoms with Crippen molar-refractivity contribution in [1.82, 2.24) is 10.2 Å². The van der Waals surface area contributed by atoms with Crippen LogP contribution >= 0.6 is 0 Å². The molecule has 7 heteroatoms. The average Bonchev–Trinajstić information content (AvgIpc) is 2.57. The molecule has 1 fully saturated rings. The fourth-order valence-corrected chi connectivity index (χ4v) is 2.63. The number of hydrogen-bond donors (Lipinski definition) is 1. The van der Waals surface area contributed by atoms with Gasteiger partial charge in [-0.25, -0.2) is 4.39 Å². The van der Waals surface area contributed by atoms with E-state index in [1.54, 1.807) is 0 Å². The SMILES string of the molecule is O=C1CCCC(N2C(=O)c3ccc(F)cc3C2=O)C(=O)N1. The Bertz CT molecular complexity index is 686. The van der Waals surface area contributed by atoms with E-state index >= 15 is 0 Å². The highest BCUT2D eigenvalue weighted by molar-refractivity contribution is 6.23. The van der Waals surface area contributed by atoms with Gasteiger partial charge in [-0.3, -0.25) is 29.4 Å². The molecule has 1 aromatic rings. The first-order chi connectivity index (χ1) is 9.99. The Balaban J connectivity index is 1.97. The Morgan fingerprint density at radius 1 is 1.10 bits per heavy atom. The lowest BCUT2D eigenvalue weighted by molar-refractivity contribution is -0.131. The van der Waals surface area contributed by atoms with Crippen LogP contribution in [-0.4, -0.2) is 34.6 Å². The van der Waals surface area contributed by atoms with Crippen LogP contribution in [0.25, 0.3) is 0 Å². The molecule has 2 aliphatic heterocycles. The number of imide groups is 2. The van der Waals surface area contributed by atoms with Gasteiger partial charge in [0.05, 0.1) is 11.1 Å². The third kappa shape index (κ3) is 2.10. The molecule has 0 spiro atoms. The number of benzene rings is 1. The molecule has 0 aliphatic carbocycles. The van der Waals surface area contributed by atoms with Gasteiger partial charge in [0.2, 0.25) is 11.8 Å². The van der Waals surface area contributed by atoms with Crippen LogP contribution in [0, 0.1) is 5.82 Å². The molecule has 0 radical (unpaired) electrons. The van der Waals surface area contributed by atoms with Crippen molar-refractivity contribution >= 4 is 23.6 Å². The first kappa shape index (κ1) is 13.4. The molecule has 0 aromatic heterocycles. The molecule has 1 aromatic carbocycles. The number of fused-ring (bicyclic) bond motifs is 1. The van der Waals surface area contributed by atoms with E-state index in [9.17, 15) is 23.6 Å². The van der Waals surface area contributed by atoms with Crippen molar-refractivity contribution in [3.63, 3.8) is 0 Å². The highest BCUT2D eigenvalue weighted by atomic mass is 19.1. The van der Waals surface area contributed by atoms with Crippen LogP contribution in [-0.2, 0) is 9.59 Å². The van der Waals surface area contributed by atoms with Crippen LogP contribution in [0.15, 0.2) is 18.2 Å². The first-order valence-electron chi connectivity index (χ1n) is 6.50. The monoisotopic (exact) mass is 290 g/mol. The van der Waals surface area contributed by atoms with Gasteiger partial charge in [0.25, 0.3) is 11.8 Å². The molecule has 0 saturated carbocycles. The van der Waals surface area contributed by atoms with Gasteiger partial charge in [0.15, 0.2) is 0 Å². The zero-order valence-electron chi connectivity index (χ0n) is 10.9. The number of carbonyl (C=O) groups is 4. The second-order valence-electron chi connectivity index (χ2n) is 4.99. The van der Waals surface area contributed by atoms with Crippen LogP contribution in [0.2, 0.25) is 0 Å². The van der Waals surface area contributed by atoms with Gasteiger partial charge in [-0.1, -0.05) is 0 Å². The van der Waals surface area contributed by atoms with E-state index in [4.69, 9.17) is 0 Å². The number of carbonyl (C=O) groups excluding carboxylic acids is 4. The highest BCUT2D eigenvalue weighted by Gasteiger charge is 2.43. The van der Waals surface area contributed by atoms with E-state index in [0.29, 0.717) is 6.42 Å². The lowest BCUT2D eigenvalue weighted by Crippen LogP contribution is -2.49. The van der Waals surface area contributed by atoms with Gasteiger partial charge in [-0.05, 0) is 31.0 Å². The fraction of sp³-hybridized carbons (Fsp3) is 0.286. The molecule has 2 heterocycles. The van der Waals surface area contributed by atoms with Crippen molar-refractivity contribution in [3.8, 4) is 0 Å². The Labute approximate surface area is 118 Å². The van der Waals surface area contributed by atoms with Crippen molar-refractivity contribution in [2.24, 2.45) is 0 Å². The van der Waals surface area contributed by atoms with E-state index in [0.717, 1.165) is 17.0 Å². The number of rotatable bonds is 1. The molecule has 6 nitrogen and oxygen atoms in total. The Kier molecular flexibility index (Phi) is 3.04.